The highest BCUT2D eigenvalue weighted by Crippen LogP contribution is 2.32. The van der Waals surface area contributed by atoms with Crippen molar-refractivity contribution in [2.75, 3.05) is 25.0 Å². The molecule has 0 aliphatic rings. The molecule has 0 fully saturated rings. The number of nitrogens with one attached hydrogen (secondary N) is 1. The number of hydrogen-bond acceptors (Lipinski definition) is 5. The Bertz CT molecular complexity index is 1340. The SMILES string of the molecule is CNC(=O)[C@H](C)N(Cc1ccc(C)cc1)C(=O)CN(c1ccccc1OC)S(=O)(=O)c1ccc(C)cc1. The van der Waals surface area contributed by atoms with Crippen molar-refractivity contribution in [1.29, 1.82) is 0 Å². The molecule has 2 amide bonds. The minimum atomic E-state index is -4.16. The number of carbonyl (C=O) groups excluding carboxylic acids is 2. The van der Waals surface area contributed by atoms with E-state index in [2.05, 4.69) is 5.32 Å². The number of amides is 2. The number of aryl methyl sites for hydroxylation is 2. The third-order valence-corrected chi connectivity index (χ3v) is 7.90. The predicted octanol–water partition coefficient (Wildman–Crippen LogP) is 3.67. The Hall–Kier alpha value is -3.85. The first-order chi connectivity index (χ1) is 17.6. The highest BCUT2D eigenvalue weighted by molar-refractivity contribution is 7.92. The lowest BCUT2D eigenvalue weighted by Crippen LogP contribution is -2.50. The molecule has 1 N–H and O–H groups in total. The van der Waals surface area contributed by atoms with Crippen molar-refractivity contribution in [3.8, 4) is 5.75 Å². The molecule has 0 spiro atoms. The molecule has 196 valence electrons. The van der Waals surface area contributed by atoms with E-state index in [1.807, 2.05) is 38.1 Å². The molecule has 0 radical (unpaired) electrons. The second-order valence-corrected chi connectivity index (χ2v) is 10.7. The van der Waals surface area contributed by atoms with Gasteiger partial charge in [0.2, 0.25) is 11.8 Å². The van der Waals surface area contributed by atoms with E-state index in [1.165, 1.54) is 31.2 Å². The first-order valence-electron chi connectivity index (χ1n) is 11.9. The Morgan fingerprint density at radius 3 is 2.05 bits per heavy atom. The minimum absolute atomic E-state index is 0.0428. The lowest BCUT2D eigenvalue weighted by atomic mass is 10.1. The van der Waals surface area contributed by atoms with Crippen molar-refractivity contribution in [2.24, 2.45) is 0 Å². The Labute approximate surface area is 218 Å². The van der Waals surface area contributed by atoms with E-state index in [1.54, 1.807) is 43.3 Å². The number of anilines is 1. The summed E-state index contributed by atoms with van der Waals surface area (Å²) in [6, 6.07) is 19.8. The molecule has 0 unspecified atom stereocenters. The average molecular weight is 524 g/mol. The average Bonchev–Trinajstić information content (AvgIpc) is 2.90. The quantitative estimate of drug-likeness (QED) is 0.438. The van der Waals surface area contributed by atoms with Crippen LogP contribution >= 0.6 is 0 Å². The zero-order valence-electron chi connectivity index (χ0n) is 21.8. The molecule has 3 aromatic carbocycles. The number of ether oxygens (including phenoxy) is 1. The fraction of sp³-hybridized carbons (Fsp3) is 0.286. The highest BCUT2D eigenvalue weighted by Gasteiger charge is 2.33. The molecule has 3 rings (SSSR count). The van der Waals surface area contributed by atoms with Gasteiger partial charge in [-0.05, 0) is 50.6 Å². The van der Waals surface area contributed by atoms with E-state index < -0.39 is 28.5 Å². The van der Waals surface area contributed by atoms with Crippen molar-refractivity contribution >= 4 is 27.5 Å². The summed E-state index contributed by atoms with van der Waals surface area (Å²) in [5.41, 5.74) is 3.01. The minimum Gasteiger partial charge on any atom is -0.495 e. The van der Waals surface area contributed by atoms with Crippen molar-refractivity contribution in [1.82, 2.24) is 10.2 Å². The molecule has 0 heterocycles. The van der Waals surface area contributed by atoms with Crippen LogP contribution in [-0.2, 0) is 26.2 Å². The Morgan fingerprint density at radius 2 is 1.49 bits per heavy atom. The van der Waals surface area contributed by atoms with E-state index in [0.29, 0.717) is 5.75 Å². The zero-order valence-corrected chi connectivity index (χ0v) is 22.6. The van der Waals surface area contributed by atoms with Crippen LogP contribution < -0.4 is 14.4 Å². The van der Waals surface area contributed by atoms with Gasteiger partial charge in [0.25, 0.3) is 10.0 Å². The smallest absolute Gasteiger partial charge is 0.264 e. The van der Waals surface area contributed by atoms with Crippen LogP contribution in [0.5, 0.6) is 5.75 Å². The fourth-order valence-corrected chi connectivity index (χ4v) is 5.29. The van der Waals surface area contributed by atoms with Gasteiger partial charge >= 0.3 is 0 Å². The van der Waals surface area contributed by atoms with Crippen LogP contribution in [0.2, 0.25) is 0 Å². The van der Waals surface area contributed by atoms with E-state index in [4.69, 9.17) is 4.74 Å². The summed E-state index contributed by atoms with van der Waals surface area (Å²) in [7, 11) is -1.22. The highest BCUT2D eigenvalue weighted by atomic mass is 32.2. The van der Waals surface area contributed by atoms with Crippen LogP contribution in [0.25, 0.3) is 0 Å². The monoisotopic (exact) mass is 523 g/mol. The summed E-state index contributed by atoms with van der Waals surface area (Å²) in [4.78, 5) is 27.8. The first kappa shape index (κ1) is 27.7. The maximum atomic E-state index is 13.8. The maximum absolute atomic E-state index is 13.8. The number of sulfonamides is 1. The number of hydrogen-bond donors (Lipinski definition) is 1. The second-order valence-electron chi connectivity index (χ2n) is 8.79. The van der Waals surface area contributed by atoms with Crippen LogP contribution in [0.15, 0.2) is 77.7 Å². The lowest BCUT2D eigenvalue weighted by Gasteiger charge is -2.32. The number of rotatable bonds is 10. The van der Waals surface area contributed by atoms with Crippen LogP contribution in [0.3, 0.4) is 0 Å². The summed E-state index contributed by atoms with van der Waals surface area (Å²) < 4.78 is 34.2. The predicted molar refractivity (Wildman–Crippen MR) is 144 cm³/mol. The van der Waals surface area contributed by atoms with E-state index in [-0.39, 0.29) is 23.0 Å². The van der Waals surface area contributed by atoms with Crippen LogP contribution in [0.4, 0.5) is 5.69 Å². The third kappa shape index (κ3) is 6.48. The molecule has 37 heavy (non-hydrogen) atoms. The summed E-state index contributed by atoms with van der Waals surface area (Å²) in [6.07, 6.45) is 0. The fourth-order valence-electron chi connectivity index (χ4n) is 3.87. The van der Waals surface area contributed by atoms with Crippen molar-refractivity contribution < 1.29 is 22.7 Å². The number of para-hydroxylation sites is 2. The Kier molecular flexibility index (Phi) is 8.94. The lowest BCUT2D eigenvalue weighted by molar-refractivity contribution is -0.139. The molecular weight excluding hydrogens is 490 g/mol. The van der Waals surface area contributed by atoms with Gasteiger partial charge in [0.05, 0.1) is 17.7 Å². The van der Waals surface area contributed by atoms with Gasteiger partial charge in [-0.3, -0.25) is 13.9 Å². The third-order valence-electron chi connectivity index (χ3n) is 6.13. The molecule has 0 bridgehead atoms. The van der Waals surface area contributed by atoms with Gasteiger partial charge in [-0.25, -0.2) is 8.42 Å². The molecule has 1 atom stereocenters. The van der Waals surface area contributed by atoms with Crippen molar-refractivity contribution in [3.05, 3.63) is 89.5 Å². The standard InChI is InChI=1S/C28H33N3O5S/c1-20-10-14-23(15-11-20)18-30(22(3)28(33)29-4)27(32)19-31(25-8-6-7-9-26(25)36-5)37(34,35)24-16-12-21(2)13-17-24/h6-17,22H,18-19H2,1-5H3,(H,29,33)/t22-/m0/s1. The molecule has 9 heteroatoms. The number of carbonyl (C=O) groups is 2. The van der Waals surface area contributed by atoms with E-state index in [9.17, 15) is 18.0 Å². The second kappa shape index (κ2) is 11.9. The van der Waals surface area contributed by atoms with E-state index >= 15 is 0 Å². The van der Waals surface area contributed by atoms with Crippen LogP contribution in [-0.4, -0.2) is 51.9 Å². The molecule has 0 saturated heterocycles. The Balaban J connectivity index is 2.06. The first-order valence-corrected chi connectivity index (χ1v) is 13.3. The molecular formula is C28H33N3O5S. The summed E-state index contributed by atoms with van der Waals surface area (Å²) >= 11 is 0. The zero-order chi connectivity index (χ0) is 27.2. The van der Waals surface area contributed by atoms with Crippen LogP contribution in [0, 0.1) is 13.8 Å². The van der Waals surface area contributed by atoms with E-state index in [0.717, 1.165) is 21.0 Å². The number of benzene rings is 3. The molecule has 0 saturated carbocycles. The van der Waals surface area contributed by atoms with Gasteiger partial charge in [-0.1, -0.05) is 59.7 Å². The number of likely N-dealkylation sites (N-methyl/N-ethyl adjacent to an activating group) is 1. The van der Waals surface area contributed by atoms with Crippen LogP contribution in [0.1, 0.15) is 23.6 Å². The Morgan fingerprint density at radius 1 is 0.919 bits per heavy atom. The van der Waals surface area contributed by atoms with Gasteiger partial charge in [0.15, 0.2) is 0 Å². The maximum Gasteiger partial charge on any atom is 0.264 e. The van der Waals surface area contributed by atoms with Gasteiger partial charge in [-0.2, -0.15) is 0 Å². The summed E-state index contributed by atoms with van der Waals surface area (Å²) in [5.74, 6) is -0.584. The molecule has 0 aliphatic heterocycles. The van der Waals surface area contributed by atoms with Crippen molar-refractivity contribution in [2.45, 2.75) is 38.3 Å². The van der Waals surface area contributed by atoms with Gasteiger partial charge < -0.3 is 15.0 Å². The molecule has 8 nitrogen and oxygen atoms in total. The molecule has 0 aromatic heterocycles. The van der Waals surface area contributed by atoms with Gasteiger partial charge in [-0.15, -0.1) is 0 Å². The van der Waals surface area contributed by atoms with Crippen molar-refractivity contribution in [3.63, 3.8) is 0 Å². The number of nitrogens with zero attached hydrogens (tertiary/aromatic N) is 2. The molecule has 3 aromatic rings. The topological polar surface area (TPSA) is 96.0 Å². The van der Waals surface area contributed by atoms with Gasteiger partial charge in [0.1, 0.15) is 18.3 Å². The van der Waals surface area contributed by atoms with Gasteiger partial charge in [0, 0.05) is 13.6 Å². The largest absolute Gasteiger partial charge is 0.495 e. The number of methoxy groups -OCH3 is 1. The summed E-state index contributed by atoms with van der Waals surface area (Å²) in [6.45, 7) is 5.05. The molecule has 0 aliphatic carbocycles. The summed E-state index contributed by atoms with van der Waals surface area (Å²) in [5, 5.41) is 2.57. The normalized spacial score (nSPS) is 11.9.